The first-order valence-electron chi connectivity index (χ1n) is 6.77. The van der Waals surface area contributed by atoms with E-state index >= 15 is 0 Å². The van der Waals surface area contributed by atoms with Gasteiger partial charge >= 0.3 is 11.9 Å². The summed E-state index contributed by atoms with van der Waals surface area (Å²) in [6, 6.07) is 4.87. The van der Waals surface area contributed by atoms with Gasteiger partial charge in [-0.3, -0.25) is 9.59 Å². The van der Waals surface area contributed by atoms with Crippen molar-refractivity contribution in [3.63, 3.8) is 0 Å². The fourth-order valence-electron chi connectivity index (χ4n) is 2.31. The van der Waals surface area contributed by atoms with Crippen molar-refractivity contribution in [3.8, 4) is 0 Å². The fraction of sp³-hybridized carbons (Fsp3) is 0.312. The maximum atomic E-state index is 12.0. The van der Waals surface area contributed by atoms with Gasteiger partial charge in [-0.15, -0.1) is 0 Å². The second kappa shape index (κ2) is 6.35. The van der Waals surface area contributed by atoms with E-state index in [0.717, 1.165) is 0 Å². The largest absolute Gasteiger partial charge is 0.465 e. The van der Waals surface area contributed by atoms with E-state index in [-0.39, 0.29) is 13.2 Å². The molecule has 0 fully saturated rings. The van der Waals surface area contributed by atoms with E-state index in [1.165, 1.54) is 6.08 Å². The molecule has 0 saturated carbocycles. The highest BCUT2D eigenvalue weighted by atomic mass is 16.5. The topological polar surface area (TPSA) is 69.7 Å². The summed E-state index contributed by atoms with van der Waals surface area (Å²) < 4.78 is 10.0. The lowest BCUT2D eigenvalue weighted by Crippen LogP contribution is -2.12. The van der Waals surface area contributed by atoms with Crippen LogP contribution in [0.15, 0.2) is 24.3 Å². The summed E-state index contributed by atoms with van der Waals surface area (Å²) in [5, 5.41) is 0. The van der Waals surface area contributed by atoms with Crippen LogP contribution in [0.4, 0.5) is 0 Å². The summed E-state index contributed by atoms with van der Waals surface area (Å²) in [7, 11) is 0. The van der Waals surface area contributed by atoms with Crippen molar-refractivity contribution in [1.82, 2.24) is 0 Å². The third kappa shape index (κ3) is 2.86. The molecule has 1 unspecified atom stereocenters. The minimum atomic E-state index is -0.639. The van der Waals surface area contributed by atoms with Crippen LogP contribution in [-0.4, -0.2) is 31.4 Å². The van der Waals surface area contributed by atoms with E-state index in [4.69, 9.17) is 9.47 Å². The number of fused-ring (bicyclic) bond motifs is 1. The van der Waals surface area contributed by atoms with Gasteiger partial charge in [-0.05, 0) is 31.0 Å². The zero-order valence-corrected chi connectivity index (χ0v) is 11.9. The average molecular weight is 288 g/mol. The first kappa shape index (κ1) is 15.0. The molecule has 5 nitrogen and oxygen atoms in total. The van der Waals surface area contributed by atoms with Crippen molar-refractivity contribution in [2.75, 3.05) is 13.2 Å². The number of aldehydes is 1. The molecule has 1 aromatic carbocycles. The fourth-order valence-corrected chi connectivity index (χ4v) is 2.31. The molecule has 1 aliphatic carbocycles. The average Bonchev–Trinajstić information content (AvgIpc) is 2.86. The Morgan fingerprint density at radius 1 is 1.19 bits per heavy atom. The molecule has 1 aromatic rings. The first-order chi connectivity index (χ1) is 10.1. The van der Waals surface area contributed by atoms with Gasteiger partial charge in [-0.1, -0.05) is 18.2 Å². The number of carbonyl (C=O) groups is 3. The Balaban J connectivity index is 2.46. The van der Waals surface area contributed by atoms with E-state index in [2.05, 4.69) is 0 Å². The second-order valence-corrected chi connectivity index (χ2v) is 4.50. The maximum Gasteiger partial charge on any atom is 0.338 e. The Labute approximate surface area is 122 Å². The predicted octanol–water partition coefficient (Wildman–Crippen LogP) is 2.11. The van der Waals surface area contributed by atoms with Gasteiger partial charge in [0, 0.05) is 5.56 Å². The van der Waals surface area contributed by atoms with Crippen LogP contribution in [0.5, 0.6) is 0 Å². The standard InChI is InChI=1S/C16H16O5/c1-3-20-15(18)13-8-14(16(19)21-4-2)12-7-10(9-17)5-6-11(12)13/h5-9,13H,3-4H2,1-2H3. The van der Waals surface area contributed by atoms with Gasteiger partial charge in [0.15, 0.2) is 0 Å². The van der Waals surface area contributed by atoms with Gasteiger partial charge in [0.2, 0.25) is 0 Å². The number of benzene rings is 1. The van der Waals surface area contributed by atoms with Crippen molar-refractivity contribution in [1.29, 1.82) is 0 Å². The Morgan fingerprint density at radius 3 is 2.52 bits per heavy atom. The number of ether oxygens (including phenoxy) is 2. The normalized spacial score (nSPS) is 15.9. The quantitative estimate of drug-likeness (QED) is 0.613. The van der Waals surface area contributed by atoms with E-state index in [0.29, 0.717) is 28.5 Å². The number of esters is 2. The second-order valence-electron chi connectivity index (χ2n) is 4.50. The Morgan fingerprint density at radius 2 is 1.90 bits per heavy atom. The zero-order chi connectivity index (χ0) is 15.4. The molecule has 0 amide bonds. The predicted molar refractivity (Wildman–Crippen MR) is 75.8 cm³/mol. The molecular formula is C16H16O5. The van der Waals surface area contributed by atoms with Crippen molar-refractivity contribution in [3.05, 3.63) is 41.0 Å². The van der Waals surface area contributed by atoms with Gasteiger partial charge in [-0.25, -0.2) is 4.79 Å². The van der Waals surface area contributed by atoms with E-state index in [1.807, 2.05) is 0 Å². The van der Waals surface area contributed by atoms with Crippen LogP contribution in [-0.2, 0) is 19.1 Å². The summed E-state index contributed by atoms with van der Waals surface area (Å²) in [6.45, 7) is 3.93. The summed E-state index contributed by atoms with van der Waals surface area (Å²) >= 11 is 0. The number of rotatable bonds is 5. The van der Waals surface area contributed by atoms with Crippen molar-refractivity contribution >= 4 is 23.8 Å². The third-order valence-corrected chi connectivity index (χ3v) is 3.21. The minimum absolute atomic E-state index is 0.239. The molecule has 2 rings (SSSR count). The Hall–Kier alpha value is -2.43. The highest BCUT2D eigenvalue weighted by Gasteiger charge is 2.33. The smallest absolute Gasteiger partial charge is 0.338 e. The minimum Gasteiger partial charge on any atom is -0.465 e. The molecule has 0 saturated heterocycles. The van der Waals surface area contributed by atoms with Crippen molar-refractivity contribution in [2.24, 2.45) is 0 Å². The lowest BCUT2D eigenvalue weighted by molar-refractivity contribution is -0.143. The first-order valence-corrected chi connectivity index (χ1v) is 6.77. The summed E-state index contributed by atoms with van der Waals surface area (Å²) in [6.07, 6.45) is 2.23. The molecule has 0 aromatic heterocycles. The monoisotopic (exact) mass is 288 g/mol. The van der Waals surface area contributed by atoms with Gasteiger partial charge in [0.1, 0.15) is 12.2 Å². The van der Waals surface area contributed by atoms with Crippen LogP contribution in [0, 0.1) is 0 Å². The van der Waals surface area contributed by atoms with Gasteiger partial charge in [-0.2, -0.15) is 0 Å². The lowest BCUT2D eigenvalue weighted by Gasteiger charge is -2.10. The van der Waals surface area contributed by atoms with Gasteiger partial charge < -0.3 is 9.47 Å². The molecule has 0 heterocycles. The highest BCUT2D eigenvalue weighted by Crippen LogP contribution is 2.37. The molecule has 1 aliphatic rings. The summed E-state index contributed by atoms with van der Waals surface area (Å²) in [5.74, 6) is -1.56. The molecule has 0 N–H and O–H groups in total. The van der Waals surface area contributed by atoms with E-state index in [9.17, 15) is 14.4 Å². The molecule has 1 atom stereocenters. The Bertz CT molecular complexity index is 615. The molecule has 0 bridgehead atoms. The van der Waals surface area contributed by atoms with Crippen LogP contribution >= 0.6 is 0 Å². The molecule has 5 heteroatoms. The van der Waals surface area contributed by atoms with Crippen LogP contribution in [0.2, 0.25) is 0 Å². The van der Waals surface area contributed by atoms with Crippen molar-refractivity contribution in [2.45, 2.75) is 19.8 Å². The number of carbonyl (C=O) groups excluding carboxylic acids is 3. The maximum absolute atomic E-state index is 12.0. The molecular weight excluding hydrogens is 272 g/mol. The lowest BCUT2D eigenvalue weighted by atomic mass is 9.98. The molecule has 21 heavy (non-hydrogen) atoms. The number of hydrogen-bond acceptors (Lipinski definition) is 5. The van der Waals surface area contributed by atoms with E-state index in [1.54, 1.807) is 32.0 Å². The van der Waals surface area contributed by atoms with Crippen LogP contribution in [0.1, 0.15) is 41.3 Å². The van der Waals surface area contributed by atoms with E-state index < -0.39 is 17.9 Å². The number of hydrogen-bond donors (Lipinski definition) is 0. The highest BCUT2D eigenvalue weighted by molar-refractivity contribution is 6.20. The molecule has 0 aliphatic heterocycles. The Kier molecular flexibility index (Phi) is 4.52. The van der Waals surface area contributed by atoms with Crippen LogP contribution in [0.25, 0.3) is 5.57 Å². The third-order valence-electron chi connectivity index (χ3n) is 3.21. The summed E-state index contributed by atoms with van der Waals surface area (Å²) in [5.41, 5.74) is 1.94. The van der Waals surface area contributed by atoms with Gasteiger partial charge in [0.25, 0.3) is 0 Å². The van der Waals surface area contributed by atoms with Gasteiger partial charge in [0.05, 0.1) is 18.8 Å². The van der Waals surface area contributed by atoms with Crippen molar-refractivity contribution < 1.29 is 23.9 Å². The molecule has 0 spiro atoms. The van der Waals surface area contributed by atoms with Crippen LogP contribution in [0.3, 0.4) is 0 Å². The molecule has 110 valence electrons. The SMILES string of the molecule is CCOC(=O)C1=CC(C(=O)OCC)c2ccc(C=O)cc21. The molecule has 0 radical (unpaired) electrons. The van der Waals surface area contributed by atoms with Crippen LogP contribution < -0.4 is 0 Å². The summed E-state index contributed by atoms with van der Waals surface area (Å²) in [4.78, 5) is 34.9. The zero-order valence-electron chi connectivity index (χ0n) is 11.9.